The van der Waals surface area contributed by atoms with Crippen LogP contribution < -0.4 is 0 Å². The van der Waals surface area contributed by atoms with Crippen LogP contribution in [0.4, 0.5) is 4.79 Å². The van der Waals surface area contributed by atoms with Crippen LogP contribution in [0, 0.1) is 0 Å². The molecule has 0 aromatic rings. The maximum Gasteiger partial charge on any atom is 0.410 e. The minimum absolute atomic E-state index is 0.189. The number of nitrogens with zero attached hydrogens (tertiary/aromatic N) is 1. The molecule has 1 amide bonds. The van der Waals surface area contributed by atoms with Crippen molar-refractivity contribution in [3.8, 4) is 0 Å². The molecule has 1 rings (SSSR count). The predicted molar refractivity (Wildman–Crippen MR) is 70.6 cm³/mol. The lowest BCUT2D eigenvalue weighted by molar-refractivity contribution is 0.0274. The van der Waals surface area contributed by atoms with Crippen LogP contribution in [0.1, 0.15) is 27.2 Å². The van der Waals surface area contributed by atoms with Gasteiger partial charge in [0.25, 0.3) is 0 Å². The molecule has 1 atom stereocenters. The first-order valence-corrected chi connectivity index (χ1v) is 9.63. The Kier molecular flexibility index (Phi) is 4.25. The van der Waals surface area contributed by atoms with Crippen molar-refractivity contribution in [2.75, 3.05) is 13.1 Å². The summed E-state index contributed by atoms with van der Waals surface area (Å²) < 4.78 is 11.3. The molecule has 1 aliphatic heterocycles. The van der Waals surface area contributed by atoms with Gasteiger partial charge in [-0.25, -0.2) is 4.79 Å². The van der Waals surface area contributed by atoms with Gasteiger partial charge in [-0.05, 0) is 46.8 Å². The lowest BCUT2D eigenvalue weighted by Crippen LogP contribution is -2.38. The van der Waals surface area contributed by atoms with Crippen molar-refractivity contribution in [1.82, 2.24) is 4.90 Å². The second kappa shape index (κ2) is 4.98. The summed E-state index contributed by atoms with van der Waals surface area (Å²) in [4.78, 5) is 13.6. The first-order chi connectivity index (χ1) is 7.57. The van der Waals surface area contributed by atoms with Gasteiger partial charge in [-0.15, -0.1) is 0 Å². The van der Waals surface area contributed by atoms with Gasteiger partial charge in [-0.2, -0.15) is 0 Å². The highest BCUT2D eigenvalue weighted by Crippen LogP contribution is 2.20. The SMILES string of the molecule is CC(C)(C)OC(=O)N1CCC(O[Si](C)(C)C)C1. The van der Waals surface area contributed by atoms with Crippen LogP contribution in [0.25, 0.3) is 0 Å². The molecule has 100 valence electrons. The molecule has 1 aliphatic rings. The molecule has 0 bridgehead atoms. The molecule has 5 heteroatoms. The highest BCUT2D eigenvalue weighted by Gasteiger charge is 2.32. The lowest BCUT2D eigenvalue weighted by atomic mass is 10.2. The van der Waals surface area contributed by atoms with Gasteiger partial charge in [0.2, 0.25) is 0 Å². The van der Waals surface area contributed by atoms with Crippen LogP contribution in [-0.2, 0) is 9.16 Å². The van der Waals surface area contributed by atoms with Crippen molar-refractivity contribution < 1.29 is 14.0 Å². The van der Waals surface area contributed by atoms with Crippen molar-refractivity contribution in [2.45, 2.75) is 58.5 Å². The molecule has 0 aromatic heterocycles. The summed E-state index contributed by atoms with van der Waals surface area (Å²) in [6, 6.07) is 0. The van der Waals surface area contributed by atoms with Gasteiger partial charge in [0.15, 0.2) is 8.32 Å². The zero-order valence-electron chi connectivity index (χ0n) is 11.9. The van der Waals surface area contributed by atoms with E-state index in [2.05, 4.69) is 19.6 Å². The summed E-state index contributed by atoms with van der Waals surface area (Å²) in [6.45, 7) is 13.6. The predicted octanol–water partition coefficient (Wildman–Crippen LogP) is 2.85. The first kappa shape index (κ1) is 14.5. The van der Waals surface area contributed by atoms with Crippen LogP contribution in [-0.4, -0.2) is 44.1 Å². The van der Waals surface area contributed by atoms with Crippen LogP contribution in [0.3, 0.4) is 0 Å². The second-order valence-electron chi connectivity index (χ2n) is 6.57. The third-order valence-corrected chi connectivity index (χ3v) is 3.36. The Hall–Kier alpha value is -0.553. The summed E-state index contributed by atoms with van der Waals surface area (Å²) in [5, 5.41) is 0. The standard InChI is InChI=1S/C12H25NO3Si/c1-12(2,3)15-11(14)13-8-7-10(9-13)16-17(4,5)6/h10H,7-9H2,1-6H3. The summed E-state index contributed by atoms with van der Waals surface area (Å²) >= 11 is 0. The fraction of sp³-hybridized carbons (Fsp3) is 0.917. The van der Waals surface area contributed by atoms with Crippen molar-refractivity contribution >= 4 is 14.4 Å². The van der Waals surface area contributed by atoms with E-state index < -0.39 is 13.9 Å². The Bertz CT molecular complexity index is 280. The van der Waals surface area contributed by atoms with Crippen molar-refractivity contribution in [1.29, 1.82) is 0 Å². The van der Waals surface area contributed by atoms with E-state index in [4.69, 9.17) is 9.16 Å². The first-order valence-electron chi connectivity index (χ1n) is 6.22. The Morgan fingerprint density at radius 3 is 2.35 bits per heavy atom. The van der Waals surface area contributed by atoms with Gasteiger partial charge in [0.05, 0.1) is 6.10 Å². The second-order valence-corrected chi connectivity index (χ2v) is 11.0. The summed E-state index contributed by atoms with van der Waals surface area (Å²) in [5.74, 6) is 0. The van der Waals surface area contributed by atoms with E-state index in [1.165, 1.54) is 0 Å². The zero-order chi connectivity index (χ0) is 13.3. The summed E-state index contributed by atoms with van der Waals surface area (Å²) in [5.41, 5.74) is -0.422. The van der Waals surface area contributed by atoms with Gasteiger partial charge >= 0.3 is 6.09 Å². The van der Waals surface area contributed by atoms with E-state index in [-0.39, 0.29) is 12.2 Å². The van der Waals surface area contributed by atoms with Crippen molar-refractivity contribution in [3.05, 3.63) is 0 Å². The fourth-order valence-corrected chi connectivity index (χ4v) is 3.01. The number of amides is 1. The number of rotatable bonds is 2. The molecule has 1 unspecified atom stereocenters. The van der Waals surface area contributed by atoms with Crippen LogP contribution in [0.15, 0.2) is 0 Å². The topological polar surface area (TPSA) is 38.8 Å². The maximum atomic E-state index is 11.8. The van der Waals surface area contributed by atoms with Gasteiger partial charge in [0, 0.05) is 13.1 Å². The van der Waals surface area contributed by atoms with Gasteiger partial charge < -0.3 is 14.1 Å². The molecule has 1 saturated heterocycles. The van der Waals surface area contributed by atoms with E-state index in [0.29, 0.717) is 6.54 Å². The number of carbonyl (C=O) groups excluding carboxylic acids is 1. The zero-order valence-corrected chi connectivity index (χ0v) is 12.9. The number of hydrogen-bond acceptors (Lipinski definition) is 3. The summed E-state index contributed by atoms with van der Waals surface area (Å²) in [6.07, 6.45) is 0.886. The molecule has 4 nitrogen and oxygen atoms in total. The lowest BCUT2D eigenvalue weighted by Gasteiger charge is -2.25. The number of hydrogen-bond donors (Lipinski definition) is 0. The van der Waals surface area contributed by atoms with Crippen molar-refractivity contribution in [2.24, 2.45) is 0 Å². The van der Waals surface area contributed by atoms with E-state index in [9.17, 15) is 4.79 Å². The monoisotopic (exact) mass is 259 g/mol. The van der Waals surface area contributed by atoms with Gasteiger partial charge in [-0.1, -0.05) is 0 Å². The largest absolute Gasteiger partial charge is 0.444 e. The van der Waals surface area contributed by atoms with Crippen LogP contribution in [0.2, 0.25) is 19.6 Å². The average Bonchev–Trinajstić information content (AvgIpc) is 2.45. The minimum atomic E-state index is -1.51. The molecule has 0 aromatic carbocycles. The number of carbonyl (C=O) groups is 1. The van der Waals surface area contributed by atoms with Crippen molar-refractivity contribution in [3.63, 3.8) is 0 Å². The maximum absolute atomic E-state index is 11.8. The minimum Gasteiger partial charge on any atom is -0.444 e. The Balaban J connectivity index is 2.43. The molecule has 0 spiro atoms. The number of ether oxygens (including phenoxy) is 1. The quantitative estimate of drug-likeness (QED) is 0.716. The van der Waals surface area contributed by atoms with E-state index >= 15 is 0 Å². The molecule has 0 aliphatic carbocycles. The number of likely N-dealkylation sites (tertiary alicyclic amines) is 1. The molecule has 0 N–H and O–H groups in total. The molecule has 17 heavy (non-hydrogen) atoms. The molecule has 0 saturated carbocycles. The molecular formula is C12H25NO3Si. The van der Waals surface area contributed by atoms with E-state index in [1.54, 1.807) is 4.90 Å². The molecule has 0 radical (unpaired) electrons. The van der Waals surface area contributed by atoms with Gasteiger partial charge in [-0.3, -0.25) is 0 Å². The van der Waals surface area contributed by atoms with Crippen LogP contribution >= 0.6 is 0 Å². The van der Waals surface area contributed by atoms with Crippen LogP contribution in [0.5, 0.6) is 0 Å². The average molecular weight is 259 g/mol. The Morgan fingerprint density at radius 2 is 1.88 bits per heavy atom. The Labute approximate surface area is 105 Å². The summed E-state index contributed by atoms with van der Waals surface area (Å²) in [7, 11) is -1.51. The normalized spacial score (nSPS) is 21.8. The Morgan fingerprint density at radius 1 is 1.29 bits per heavy atom. The van der Waals surface area contributed by atoms with E-state index in [0.717, 1.165) is 13.0 Å². The smallest absolute Gasteiger partial charge is 0.410 e. The molecule has 1 heterocycles. The molecule has 1 fully saturated rings. The third-order valence-electron chi connectivity index (χ3n) is 2.32. The third kappa shape index (κ3) is 5.54. The highest BCUT2D eigenvalue weighted by molar-refractivity contribution is 6.69. The van der Waals surface area contributed by atoms with Gasteiger partial charge in [0.1, 0.15) is 5.60 Å². The van der Waals surface area contributed by atoms with E-state index in [1.807, 2.05) is 20.8 Å². The highest BCUT2D eigenvalue weighted by atomic mass is 28.4. The molecular weight excluding hydrogens is 234 g/mol. The fourth-order valence-electron chi connectivity index (χ4n) is 1.82.